The fourth-order valence-corrected chi connectivity index (χ4v) is 3.07. The molecule has 23 heavy (non-hydrogen) atoms. The first kappa shape index (κ1) is 15.9. The van der Waals surface area contributed by atoms with Crippen molar-refractivity contribution >= 4 is 11.8 Å². The quantitative estimate of drug-likeness (QED) is 0.841. The van der Waals surface area contributed by atoms with Crippen LogP contribution in [0.15, 0.2) is 24.3 Å². The lowest BCUT2D eigenvalue weighted by Gasteiger charge is -2.35. The first-order valence-corrected chi connectivity index (χ1v) is 8.07. The largest absolute Gasteiger partial charge is 0.368 e. The number of rotatable bonds is 3. The molecule has 1 aromatic carbocycles. The average Bonchev–Trinajstić information content (AvgIpc) is 3.11. The summed E-state index contributed by atoms with van der Waals surface area (Å²) in [7, 11) is 0. The number of hydrogen-bond acceptors (Lipinski definition) is 3. The van der Waals surface area contributed by atoms with Gasteiger partial charge in [-0.3, -0.25) is 9.59 Å². The third-order valence-electron chi connectivity index (χ3n) is 4.45. The summed E-state index contributed by atoms with van der Waals surface area (Å²) in [6.45, 7) is 2.67. The number of nitrogens with zero attached hydrogens (tertiary/aromatic N) is 2. The molecule has 0 aliphatic carbocycles. The highest BCUT2D eigenvalue weighted by Crippen LogP contribution is 2.16. The first-order chi connectivity index (χ1) is 11.1. The maximum atomic E-state index is 13.6. The minimum Gasteiger partial charge on any atom is -0.368 e. The zero-order valence-corrected chi connectivity index (χ0v) is 13.0. The number of carbonyl (C=O) groups excluding carboxylic acids is 2. The summed E-state index contributed by atoms with van der Waals surface area (Å²) in [6.07, 6.45) is 1.46. The number of amides is 2. The molecule has 6 heteroatoms. The van der Waals surface area contributed by atoms with Crippen molar-refractivity contribution in [2.75, 3.05) is 32.8 Å². The van der Waals surface area contributed by atoms with Gasteiger partial charge in [0.05, 0.1) is 6.42 Å². The van der Waals surface area contributed by atoms with Crippen LogP contribution in [-0.4, -0.2) is 60.5 Å². The smallest absolute Gasteiger partial charge is 0.251 e. The van der Waals surface area contributed by atoms with E-state index in [1.165, 1.54) is 6.07 Å². The molecule has 2 saturated heterocycles. The van der Waals surface area contributed by atoms with Gasteiger partial charge in [-0.2, -0.15) is 0 Å². The Kier molecular flexibility index (Phi) is 4.91. The molecule has 0 spiro atoms. The second-order valence-corrected chi connectivity index (χ2v) is 5.98. The van der Waals surface area contributed by atoms with E-state index in [0.717, 1.165) is 12.8 Å². The van der Waals surface area contributed by atoms with Gasteiger partial charge < -0.3 is 14.5 Å². The molecule has 1 unspecified atom stereocenters. The zero-order valence-electron chi connectivity index (χ0n) is 13.0. The number of hydrogen-bond donors (Lipinski definition) is 0. The molecular weight excluding hydrogens is 299 g/mol. The Balaban J connectivity index is 1.51. The lowest BCUT2D eigenvalue weighted by atomic mass is 10.1. The Morgan fingerprint density at radius 1 is 1.13 bits per heavy atom. The van der Waals surface area contributed by atoms with Crippen LogP contribution in [-0.2, 0) is 20.7 Å². The molecule has 2 fully saturated rings. The van der Waals surface area contributed by atoms with Gasteiger partial charge in [0.1, 0.15) is 11.9 Å². The predicted molar refractivity (Wildman–Crippen MR) is 82.2 cm³/mol. The van der Waals surface area contributed by atoms with E-state index in [0.29, 0.717) is 38.3 Å². The normalized spacial score (nSPS) is 21.5. The van der Waals surface area contributed by atoms with Crippen LogP contribution in [0, 0.1) is 5.82 Å². The number of halogens is 1. The van der Waals surface area contributed by atoms with Crippen LogP contribution < -0.4 is 0 Å². The summed E-state index contributed by atoms with van der Waals surface area (Å²) >= 11 is 0. The molecule has 1 aromatic rings. The van der Waals surface area contributed by atoms with Crippen molar-refractivity contribution in [1.29, 1.82) is 0 Å². The van der Waals surface area contributed by atoms with Gasteiger partial charge in [-0.15, -0.1) is 0 Å². The number of piperazine rings is 1. The minimum absolute atomic E-state index is 0.0312. The van der Waals surface area contributed by atoms with Crippen LogP contribution in [0.2, 0.25) is 0 Å². The highest BCUT2D eigenvalue weighted by molar-refractivity contribution is 5.82. The van der Waals surface area contributed by atoms with Crippen molar-refractivity contribution in [2.24, 2.45) is 0 Å². The second kappa shape index (κ2) is 7.08. The van der Waals surface area contributed by atoms with Crippen molar-refractivity contribution in [1.82, 2.24) is 9.80 Å². The number of ether oxygens (including phenoxy) is 1. The third kappa shape index (κ3) is 3.69. The van der Waals surface area contributed by atoms with Crippen molar-refractivity contribution in [2.45, 2.75) is 25.4 Å². The molecule has 0 radical (unpaired) electrons. The molecule has 5 nitrogen and oxygen atoms in total. The fourth-order valence-electron chi connectivity index (χ4n) is 3.07. The molecule has 0 bridgehead atoms. The highest BCUT2D eigenvalue weighted by Gasteiger charge is 2.31. The van der Waals surface area contributed by atoms with Crippen LogP contribution in [0.1, 0.15) is 18.4 Å². The van der Waals surface area contributed by atoms with E-state index in [-0.39, 0.29) is 30.2 Å². The van der Waals surface area contributed by atoms with Gasteiger partial charge in [-0.25, -0.2) is 4.39 Å². The average molecular weight is 320 g/mol. The summed E-state index contributed by atoms with van der Waals surface area (Å²) in [5.41, 5.74) is 0.412. The minimum atomic E-state index is -0.354. The Bertz CT molecular complexity index is 579. The van der Waals surface area contributed by atoms with Gasteiger partial charge >= 0.3 is 0 Å². The molecule has 2 aliphatic rings. The monoisotopic (exact) mass is 320 g/mol. The molecule has 2 heterocycles. The van der Waals surface area contributed by atoms with Crippen molar-refractivity contribution < 1.29 is 18.7 Å². The van der Waals surface area contributed by atoms with Crippen LogP contribution in [0.5, 0.6) is 0 Å². The molecule has 0 saturated carbocycles. The summed E-state index contributed by atoms with van der Waals surface area (Å²) in [5.74, 6) is -0.420. The molecular formula is C17H21FN2O3. The molecule has 3 rings (SSSR count). The molecule has 0 N–H and O–H groups in total. The molecule has 2 amide bonds. The summed E-state index contributed by atoms with van der Waals surface area (Å²) in [4.78, 5) is 28.0. The number of carbonyl (C=O) groups is 2. The SMILES string of the molecule is O=C(Cc1ccccc1F)N1CCN(C(=O)C2CCCO2)CC1. The maximum absolute atomic E-state index is 13.6. The predicted octanol–water partition coefficient (Wildman–Crippen LogP) is 1.22. The van der Waals surface area contributed by atoms with Gasteiger partial charge in [0.2, 0.25) is 5.91 Å². The topological polar surface area (TPSA) is 49.9 Å². The molecule has 1 atom stereocenters. The third-order valence-corrected chi connectivity index (χ3v) is 4.45. The van der Waals surface area contributed by atoms with Crippen LogP contribution >= 0.6 is 0 Å². The van der Waals surface area contributed by atoms with E-state index < -0.39 is 0 Å². The Morgan fingerprint density at radius 3 is 2.48 bits per heavy atom. The lowest BCUT2D eigenvalue weighted by Crippen LogP contribution is -2.53. The zero-order chi connectivity index (χ0) is 16.2. The van der Waals surface area contributed by atoms with Crippen LogP contribution in [0.4, 0.5) is 4.39 Å². The first-order valence-electron chi connectivity index (χ1n) is 8.07. The van der Waals surface area contributed by atoms with E-state index in [2.05, 4.69) is 0 Å². The lowest BCUT2D eigenvalue weighted by molar-refractivity contribution is -0.145. The summed E-state index contributed by atoms with van der Waals surface area (Å²) < 4.78 is 19.0. The fraction of sp³-hybridized carbons (Fsp3) is 0.529. The maximum Gasteiger partial charge on any atom is 0.251 e. The summed E-state index contributed by atoms with van der Waals surface area (Å²) in [6, 6.07) is 6.33. The van der Waals surface area contributed by atoms with Gasteiger partial charge in [-0.1, -0.05) is 18.2 Å². The van der Waals surface area contributed by atoms with Gasteiger partial charge in [-0.05, 0) is 24.5 Å². The Labute approximate surface area is 135 Å². The number of benzene rings is 1. The second-order valence-electron chi connectivity index (χ2n) is 5.98. The van der Waals surface area contributed by atoms with Crippen molar-refractivity contribution in [3.8, 4) is 0 Å². The van der Waals surface area contributed by atoms with Crippen molar-refractivity contribution in [3.63, 3.8) is 0 Å². The van der Waals surface area contributed by atoms with E-state index in [4.69, 9.17) is 4.74 Å². The summed E-state index contributed by atoms with van der Waals surface area (Å²) in [5, 5.41) is 0. The van der Waals surface area contributed by atoms with Gasteiger partial charge in [0.15, 0.2) is 0 Å². The van der Waals surface area contributed by atoms with E-state index >= 15 is 0 Å². The Hall–Kier alpha value is -1.95. The standard InChI is InChI=1S/C17H21FN2O3/c18-14-5-2-1-4-13(14)12-16(21)19-7-9-20(10-8-19)17(22)15-6-3-11-23-15/h1-2,4-5,15H,3,6-12H2. The van der Waals surface area contributed by atoms with E-state index in [9.17, 15) is 14.0 Å². The van der Waals surface area contributed by atoms with E-state index in [1.807, 2.05) is 0 Å². The van der Waals surface area contributed by atoms with Gasteiger partial charge in [0, 0.05) is 32.8 Å². The van der Waals surface area contributed by atoms with Crippen LogP contribution in [0.3, 0.4) is 0 Å². The van der Waals surface area contributed by atoms with Crippen molar-refractivity contribution in [3.05, 3.63) is 35.6 Å². The van der Waals surface area contributed by atoms with E-state index in [1.54, 1.807) is 28.0 Å². The van der Waals surface area contributed by atoms with Crippen LogP contribution in [0.25, 0.3) is 0 Å². The highest BCUT2D eigenvalue weighted by atomic mass is 19.1. The molecule has 124 valence electrons. The Morgan fingerprint density at radius 2 is 1.83 bits per heavy atom. The van der Waals surface area contributed by atoms with Gasteiger partial charge in [0.25, 0.3) is 5.91 Å². The molecule has 2 aliphatic heterocycles. The molecule has 0 aromatic heterocycles.